The number of likely N-dealkylation sites (tertiary alicyclic amines) is 1. The Hall–Kier alpha value is -2.31. The van der Waals surface area contributed by atoms with Crippen molar-refractivity contribution in [3.8, 4) is 0 Å². The number of carbonyl (C=O) groups is 2. The fourth-order valence-corrected chi connectivity index (χ4v) is 4.21. The standard InChI is InChI=1S/C24H31N3O2S/c1-18(24(29)26-21-9-6-10-22(17-21)30-2)27-15-13-20(14-16-27)25-23(28)12-11-19-7-4-3-5-8-19/h3-10,17-18,20H,11-16H2,1-2H3,(H,25,28)(H,26,29). The van der Waals surface area contributed by atoms with E-state index in [1.807, 2.05) is 55.6 Å². The highest BCUT2D eigenvalue weighted by molar-refractivity contribution is 7.98. The van der Waals surface area contributed by atoms with Gasteiger partial charge in [-0.1, -0.05) is 36.4 Å². The topological polar surface area (TPSA) is 61.4 Å². The summed E-state index contributed by atoms with van der Waals surface area (Å²) in [7, 11) is 0. The predicted octanol–water partition coefficient (Wildman–Crippen LogP) is 3.95. The molecular weight excluding hydrogens is 394 g/mol. The molecule has 0 aromatic heterocycles. The SMILES string of the molecule is CSc1cccc(NC(=O)C(C)N2CCC(NC(=O)CCc3ccccc3)CC2)c1. The van der Waals surface area contributed by atoms with Gasteiger partial charge < -0.3 is 10.6 Å². The van der Waals surface area contributed by atoms with Crippen LogP contribution in [0.3, 0.4) is 0 Å². The smallest absolute Gasteiger partial charge is 0.241 e. The van der Waals surface area contributed by atoms with E-state index in [9.17, 15) is 9.59 Å². The van der Waals surface area contributed by atoms with E-state index in [2.05, 4.69) is 27.7 Å². The Balaban J connectivity index is 1.40. The molecule has 3 rings (SSSR count). The first-order valence-corrected chi connectivity index (χ1v) is 11.8. The third kappa shape index (κ3) is 6.61. The molecule has 2 aromatic carbocycles. The molecule has 1 atom stereocenters. The Morgan fingerprint density at radius 3 is 2.53 bits per heavy atom. The monoisotopic (exact) mass is 425 g/mol. The van der Waals surface area contributed by atoms with Crippen molar-refractivity contribution < 1.29 is 9.59 Å². The molecule has 6 heteroatoms. The fourth-order valence-electron chi connectivity index (χ4n) is 3.75. The van der Waals surface area contributed by atoms with Gasteiger partial charge in [0.1, 0.15) is 0 Å². The van der Waals surface area contributed by atoms with E-state index < -0.39 is 0 Å². The minimum absolute atomic E-state index is 0.0126. The molecule has 0 spiro atoms. The van der Waals surface area contributed by atoms with Crippen LogP contribution in [-0.2, 0) is 16.0 Å². The Kier molecular flexibility index (Phi) is 8.34. The summed E-state index contributed by atoms with van der Waals surface area (Å²) >= 11 is 1.66. The number of nitrogens with zero attached hydrogens (tertiary/aromatic N) is 1. The zero-order valence-electron chi connectivity index (χ0n) is 17.8. The third-order valence-corrected chi connectivity index (χ3v) is 6.37. The molecular formula is C24H31N3O2S. The van der Waals surface area contributed by atoms with Crippen LogP contribution < -0.4 is 10.6 Å². The Labute approximate surface area is 183 Å². The van der Waals surface area contributed by atoms with Gasteiger partial charge in [-0.15, -0.1) is 11.8 Å². The van der Waals surface area contributed by atoms with E-state index >= 15 is 0 Å². The average Bonchev–Trinajstić information content (AvgIpc) is 2.78. The van der Waals surface area contributed by atoms with Crippen molar-refractivity contribution in [3.63, 3.8) is 0 Å². The molecule has 5 nitrogen and oxygen atoms in total. The van der Waals surface area contributed by atoms with Gasteiger partial charge in [-0.3, -0.25) is 14.5 Å². The van der Waals surface area contributed by atoms with Gasteiger partial charge in [0.25, 0.3) is 0 Å². The normalized spacial score (nSPS) is 16.1. The lowest BCUT2D eigenvalue weighted by Crippen LogP contribution is -2.50. The number of hydrogen-bond donors (Lipinski definition) is 2. The maximum atomic E-state index is 12.7. The Morgan fingerprint density at radius 2 is 1.83 bits per heavy atom. The number of piperidine rings is 1. The number of hydrogen-bond acceptors (Lipinski definition) is 4. The molecule has 1 heterocycles. The van der Waals surface area contributed by atoms with Gasteiger partial charge in [-0.25, -0.2) is 0 Å². The summed E-state index contributed by atoms with van der Waals surface area (Å²) in [6, 6.07) is 18.0. The minimum Gasteiger partial charge on any atom is -0.353 e. The van der Waals surface area contributed by atoms with Gasteiger partial charge >= 0.3 is 0 Å². The first-order valence-electron chi connectivity index (χ1n) is 10.6. The van der Waals surface area contributed by atoms with E-state index in [4.69, 9.17) is 0 Å². The Bertz CT molecular complexity index is 835. The molecule has 1 aliphatic rings. The van der Waals surface area contributed by atoms with Crippen molar-refractivity contribution in [2.24, 2.45) is 0 Å². The molecule has 0 bridgehead atoms. The lowest BCUT2D eigenvalue weighted by atomic mass is 10.0. The van der Waals surface area contributed by atoms with E-state index in [0.717, 1.165) is 42.9 Å². The number of aryl methyl sites for hydroxylation is 1. The van der Waals surface area contributed by atoms with Crippen LogP contribution in [0.25, 0.3) is 0 Å². The first kappa shape index (κ1) is 22.4. The first-order chi connectivity index (χ1) is 14.5. The van der Waals surface area contributed by atoms with Crippen molar-refractivity contribution >= 4 is 29.3 Å². The highest BCUT2D eigenvalue weighted by Gasteiger charge is 2.27. The quantitative estimate of drug-likeness (QED) is 0.629. The fraction of sp³-hybridized carbons (Fsp3) is 0.417. The maximum Gasteiger partial charge on any atom is 0.241 e. The third-order valence-electron chi connectivity index (χ3n) is 5.64. The molecule has 2 amide bonds. The highest BCUT2D eigenvalue weighted by atomic mass is 32.2. The maximum absolute atomic E-state index is 12.7. The summed E-state index contributed by atoms with van der Waals surface area (Å²) in [5.41, 5.74) is 2.02. The summed E-state index contributed by atoms with van der Waals surface area (Å²) in [5, 5.41) is 6.19. The van der Waals surface area contributed by atoms with Crippen LogP contribution in [-0.4, -0.2) is 48.1 Å². The highest BCUT2D eigenvalue weighted by Crippen LogP contribution is 2.20. The molecule has 1 aliphatic heterocycles. The molecule has 0 saturated carbocycles. The van der Waals surface area contributed by atoms with Crippen molar-refractivity contribution in [2.45, 2.75) is 49.6 Å². The molecule has 1 unspecified atom stereocenters. The van der Waals surface area contributed by atoms with Crippen molar-refractivity contribution in [3.05, 3.63) is 60.2 Å². The summed E-state index contributed by atoms with van der Waals surface area (Å²) in [5.74, 6) is 0.121. The van der Waals surface area contributed by atoms with E-state index in [1.54, 1.807) is 11.8 Å². The molecule has 1 saturated heterocycles. The molecule has 0 radical (unpaired) electrons. The molecule has 0 aliphatic carbocycles. The van der Waals surface area contributed by atoms with Crippen molar-refractivity contribution in [1.29, 1.82) is 0 Å². The summed E-state index contributed by atoms with van der Waals surface area (Å²) in [6.07, 6.45) is 5.04. The second kappa shape index (κ2) is 11.2. The van der Waals surface area contributed by atoms with Gasteiger partial charge in [0.2, 0.25) is 11.8 Å². The van der Waals surface area contributed by atoms with E-state index in [-0.39, 0.29) is 23.9 Å². The van der Waals surface area contributed by atoms with Crippen LogP contribution in [0.2, 0.25) is 0 Å². The van der Waals surface area contributed by atoms with Gasteiger partial charge in [0.15, 0.2) is 0 Å². The van der Waals surface area contributed by atoms with Crippen molar-refractivity contribution in [2.75, 3.05) is 24.7 Å². The summed E-state index contributed by atoms with van der Waals surface area (Å²) in [6.45, 7) is 3.57. The zero-order valence-corrected chi connectivity index (χ0v) is 18.6. The second-order valence-electron chi connectivity index (χ2n) is 7.76. The number of benzene rings is 2. The molecule has 2 aromatic rings. The van der Waals surface area contributed by atoms with Crippen LogP contribution in [0.15, 0.2) is 59.5 Å². The van der Waals surface area contributed by atoms with Crippen LogP contribution in [0.4, 0.5) is 5.69 Å². The van der Waals surface area contributed by atoms with Crippen LogP contribution in [0.5, 0.6) is 0 Å². The van der Waals surface area contributed by atoms with Gasteiger partial charge in [0, 0.05) is 36.1 Å². The number of amides is 2. The predicted molar refractivity (Wildman–Crippen MR) is 124 cm³/mol. The lowest BCUT2D eigenvalue weighted by molar-refractivity contribution is -0.123. The molecule has 30 heavy (non-hydrogen) atoms. The van der Waals surface area contributed by atoms with E-state index in [1.165, 1.54) is 5.56 Å². The second-order valence-corrected chi connectivity index (χ2v) is 8.64. The van der Waals surface area contributed by atoms with Gasteiger partial charge in [-0.2, -0.15) is 0 Å². The molecule has 160 valence electrons. The van der Waals surface area contributed by atoms with Gasteiger partial charge in [-0.05, 0) is 56.2 Å². The lowest BCUT2D eigenvalue weighted by Gasteiger charge is -2.35. The molecule has 1 fully saturated rings. The number of anilines is 1. The van der Waals surface area contributed by atoms with Crippen LogP contribution in [0.1, 0.15) is 31.7 Å². The number of thioether (sulfide) groups is 1. The summed E-state index contributed by atoms with van der Waals surface area (Å²) in [4.78, 5) is 28.3. The largest absolute Gasteiger partial charge is 0.353 e. The average molecular weight is 426 g/mol. The Morgan fingerprint density at radius 1 is 1.10 bits per heavy atom. The number of nitrogens with one attached hydrogen (secondary N) is 2. The van der Waals surface area contributed by atoms with Gasteiger partial charge in [0.05, 0.1) is 6.04 Å². The summed E-state index contributed by atoms with van der Waals surface area (Å²) < 4.78 is 0. The minimum atomic E-state index is -0.197. The van der Waals surface area contributed by atoms with Crippen LogP contribution >= 0.6 is 11.8 Å². The number of rotatable bonds is 8. The zero-order chi connectivity index (χ0) is 21.3. The molecule has 2 N–H and O–H groups in total. The van der Waals surface area contributed by atoms with Crippen molar-refractivity contribution in [1.82, 2.24) is 10.2 Å². The number of carbonyl (C=O) groups excluding carboxylic acids is 2. The van der Waals surface area contributed by atoms with E-state index in [0.29, 0.717) is 6.42 Å². The van der Waals surface area contributed by atoms with Crippen LogP contribution in [0, 0.1) is 0 Å².